The van der Waals surface area contributed by atoms with Gasteiger partial charge in [-0.05, 0) is 56.0 Å². The van der Waals surface area contributed by atoms with Gasteiger partial charge in [-0.3, -0.25) is 0 Å². The van der Waals surface area contributed by atoms with Gasteiger partial charge < -0.3 is 5.32 Å². The maximum absolute atomic E-state index is 13.4. The van der Waals surface area contributed by atoms with Gasteiger partial charge in [0.1, 0.15) is 5.82 Å². The Hall–Kier alpha value is -1.15. The fourth-order valence-corrected chi connectivity index (χ4v) is 2.07. The van der Waals surface area contributed by atoms with Gasteiger partial charge in [0.2, 0.25) is 0 Å². The third kappa shape index (κ3) is 4.70. The topological polar surface area (TPSA) is 12.0 Å². The molecule has 1 unspecified atom stereocenters. The first-order valence-electron chi connectivity index (χ1n) is 6.28. The number of hydrogen-bond donors (Lipinski definition) is 1. The third-order valence-corrected chi connectivity index (χ3v) is 2.82. The molecule has 2 heteroatoms. The molecule has 0 saturated heterocycles. The highest BCUT2D eigenvalue weighted by Crippen LogP contribution is 2.21. The van der Waals surface area contributed by atoms with Gasteiger partial charge in [0.25, 0.3) is 0 Å². The minimum absolute atomic E-state index is 0.147. The Labute approximate surface area is 104 Å². The zero-order valence-electron chi connectivity index (χ0n) is 10.8. The average molecular weight is 235 g/mol. The highest BCUT2D eigenvalue weighted by molar-refractivity contribution is 5.26. The Kier molecular flexibility index (Phi) is 5.92. The van der Waals surface area contributed by atoms with Crippen molar-refractivity contribution in [3.8, 4) is 0 Å². The van der Waals surface area contributed by atoms with Crippen molar-refractivity contribution in [3.63, 3.8) is 0 Å². The van der Waals surface area contributed by atoms with Crippen LogP contribution in [0.15, 0.2) is 30.9 Å². The van der Waals surface area contributed by atoms with Crippen LogP contribution in [0.3, 0.4) is 0 Å². The van der Waals surface area contributed by atoms with Crippen LogP contribution in [0.4, 0.5) is 4.39 Å². The van der Waals surface area contributed by atoms with Crippen LogP contribution < -0.4 is 5.32 Å². The minimum atomic E-state index is -0.147. The van der Waals surface area contributed by atoms with Gasteiger partial charge in [0.05, 0.1) is 0 Å². The van der Waals surface area contributed by atoms with Crippen molar-refractivity contribution < 1.29 is 4.39 Å². The number of rotatable bonds is 7. The van der Waals surface area contributed by atoms with Crippen molar-refractivity contribution >= 4 is 0 Å². The summed E-state index contributed by atoms with van der Waals surface area (Å²) >= 11 is 0. The molecule has 0 bridgehead atoms. The monoisotopic (exact) mass is 235 g/mol. The summed E-state index contributed by atoms with van der Waals surface area (Å²) in [5.74, 6) is -0.147. The summed E-state index contributed by atoms with van der Waals surface area (Å²) in [6.07, 6.45) is 5.04. The molecule has 0 radical (unpaired) electrons. The number of aryl methyl sites for hydroxylation is 1. The number of nitrogens with one attached hydrogen (secondary N) is 1. The molecular formula is C15H22FN. The molecule has 1 N–H and O–H groups in total. The molecule has 0 amide bonds. The fraction of sp³-hybridized carbons (Fsp3) is 0.467. The van der Waals surface area contributed by atoms with Crippen molar-refractivity contribution in [1.29, 1.82) is 0 Å². The molecule has 0 aliphatic carbocycles. The minimum Gasteiger partial charge on any atom is -0.310 e. The van der Waals surface area contributed by atoms with E-state index in [4.69, 9.17) is 0 Å². The van der Waals surface area contributed by atoms with Crippen LogP contribution >= 0.6 is 0 Å². The van der Waals surface area contributed by atoms with Crippen LogP contribution in [-0.4, -0.2) is 6.54 Å². The molecule has 1 atom stereocenters. The SMILES string of the molecule is C=CCCCC(NCC)c1cc(C)cc(F)c1. The molecule has 1 nitrogen and oxygen atoms in total. The molecule has 0 fully saturated rings. The molecule has 1 aromatic carbocycles. The van der Waals surface area contributed by atoms with E-state index in [2.05, 4.69) is 24.9 Å². The Morgan fingerprint density at radius 1 is 1.41 bits per heavy atom. The maximum atomic E-state index is 13.4. The Bertz CT molecular complexity index is 340. The predicted molar refractivity (Wildman–Crippen MR) is 71.6 cm³/mol. The standard InChI is InChI=1S/C15H22FN/c1-4-6-7-8-15(17-5-2)13-9-12(3)10-14(16)11-13/h4,9-11,15,17H,1,5-8H2,2-3H3. The third-order valence-electron chi connectivity index (χ3n) is 2.82. The molecule has 17 heavy (non-hydrogen) atoms. The van der Waals surface area contributed by atoms with Crippen LogP contribution in [0.25, 0.3) is 0 Å². The maximum Gasteiger partial charge on any atom is 0.123 e. The Balaban J connectivity index is 2.76. The highest BCUT2D eigenvalue weighted by atomic mass is 19.1. The van der Waals surface area contributed by atoms with Crippen molar-refractivity contribution in [2.75, 3.05) is 6.54 Å². The average Bonchev–Trinajstić information content (AvgIpc) is 2.27. The van der Waals surface area contributed by atoms with E-state index >= 15 is 0 Å². The van der Waals surface area contributed by atoms with E-state index < -0.39 is 0 Å². The quantitative estimate of drug-likeness (QED) is 0.553. The molecule has 1 aromatic rings. The smallest absolute Gasteiger partial charge is 0.123 e. The van der Waals surface area contributed by atoms with Crippen molar-refractivity contribution in [2.45, 2.75) is 39.2 Å². The largest absolute Gasteiger partial charge is 0.310 e. The van der Waals surface area contributed by atoms with Gasteiger partial charge in [-0.15, -0.1) is 6.58 Å². The molecule has 0 aliphatic heterocycles. The lowest BCUT2D eigenvalue weighted by Gasteiger charge is -2.18. The summed E-state index contributed by atoms with van der Waals surface area (Å²) in [6, 6.07) is 5.50. The van der Waals surface area contributed by atoms with Gasteiger partial charge in [-0.2, -0.15) is 0 Å². The molecule has 0 spiro atoms. The van der Waals surface area contributed by atoms with Gasteiger partial charge in [0, 0.05) is 6.04 Å². The lowest BCUT2D eigenvalue weighted by molar-refractivity contribution is 0.496. The van der Waals surface area contributed by atoms with E-state index in [1.54, 1.807) is 12.1 Å². The number of unbranched alkanes of at least 4 members (excludes halogenated alkanes) is 1. The second-order valence-electron chi connectivity index (χ2n) is 4.39. The first-order valence-corrected chi connectivity index (χ1v) is 6.28. The summed E-state index contributed by atoms with van der Waals surface area (Å²) in [4.78, 5) is 0. The highest BCUT2D eigenvalue weighted by Gasteiger charge is 2.11. The zero-order valence-corrected chi connectivity index (χ0v) is 10.8. The molecule has 94 valence electrons. The molecule has 1 rings (SSSR count). The van der Waals surface area contributed by atoms with Crippen LogP contribution in [0.5, 0.6) is 0 Å². The summed E-state index contributed by atoms with van der Waals surface area (Å²) in [7, 11) is 0. The van der Waals surface area contributed by atoms with Gasteiger partial charge in [-0.1, -0.05) is 19.1 Å². The lowest BCUT2D eigenvalue weighted by Crippen LogP contribution is -2.21. The first-order chi connectivity index (χ1) is 8.17. The van der Waals surface area contributed by atoms with Crippen LogP contribution in [0, 0.1) is 12.7 Å². The fourth-order valence-electron chi connectivity index (χ4n) is 2.07. The molecular weight excluding hydrogens is 213 g/mol. The summed E-state index contributed by atoms with van der Waals surface area (Å²) < 4.78 is 13.4. The van der Waals surface area contributed by atoms with Crippen molar-refractivity contribution in [2.24, 2.45) is 0 Å². The molecule has 0 aliphatic rings. The second-order valence-corrected chi connectivity index (χ2v) is 4.39. The second kappa shape index (κ2) is 7.23. The van der Waals surface area contributed by atoms with E-state index in [1.807, 2.05) is 13.0 Å². The van der Waals surface area contributed by atoms with E-state index in [9.17, 15) is 4.39 Å². The van der Waals surface area contributed by atoms with Gasteiger partial charge in [-0.25, -0.2) is 4.39 Å². The van der Waals surface area contributed by atoms with Crippen LogP contribution in [-0.2, 0) is 0 Å². The molecule has 0 heterocycles. The van der Waals surface area contributed by atoms with E-state index in [0.29, 0.717) is 0 Å². The number of halogens is 1. The number of benzene rings is 1. The Morgan fingerprint density at radius 2 is 2.18 bits per heavy atom. The number of hydrogen-bond acceptors (Lipinski definition) is 1. The van der Waals surface area contributed by atoms with Crippen LogP contribution in [0.2, 0.25) is 0 Å². The zero-order chi connectivity index (χ0) is 12.7. The van der Waals surface area contributed by atoms with Gasteiger partial charge >= 0.3 is 0 Å². The molecule has 0 saturated carbocycles. The van der Waals surface area contributed by atoms with E-state index in [-0.39, 0.29) is 11.9 Å². The van der Waals surface area contributed by atoms with E-state index in [1.165, 1.54) is 0 Å². The van der Waals surface area contributed by atoms with Crippen molar-refractivity contribution in [1.82, 2.24) is 5.32 Å². The lowest BCUT2D eigenvalue weighted by atomic mass is 9.99. The Morgan fingerprint density at radius 3 is 2.76 bits per heavy atom. The first kappa shape index (κ1) is 13.9. The summed E-state index contributed by atoms with van der Waals surface area (Å²) in [5, 5.41) is 3.41. The van der Waals surface area contributed by atoms with Crippen molar-refractivity contribution in [3.05, 3.63) is 47.8 Å². The molecule has 0 aromatic heterocycles. The van der Waals surface area contributed by atoms with Crippen LogP contribution in [0.1, 0.15) is 43.4 Å². The predicted octanol–water partition coefficient (Wildman–Crippen LogP) is 4.14. The van der Waals surface area contributed by atoms with E-state index in [0.717, 1.165) is 36.9 Å². The summed E-state index contributed by atoms with van der Waals surface area (Å²) in [5.41, 5.74) is 2.03. The number of allylic oxidation sites excluding steroid dienone is 1. The normalized spacial score (nSPS) is 12.4. The summed E-state index contributed by atoms with van der Waals surface area (Å²) in [6.45, 7) is 8.63. The van der Waals surface area contributed by atoms with Gasteiger partial charge in [0.15, 0.2) is 0 Å².